The van der Waals surface area contributed by atoms with Crippen LogP contribution in [0.15, 0.2) is 71.0 Å². The number of benzene rings is 2. The van der Waals surface area contributed by atoms with E-state index in [4.69, 9.17) is 14.4 Å². The number of aromatic nitrogens is 5. The highest BCUT2D eigenvalue weighted by molar-refractivity contribution is 7.13. The van der Waals surface area contributed by atoms with E-state index in [9.17, 15) is 19.5 Å². The fourth-order valence-electron chi connectivity index (χ4n) is 13.0. The number of thiazole rings is 1. The first kappa shape index (κ1) is 51.0. The fourth-order valence-corrected chi connectivity index (χ4v) is 13.8. The molecular formula is C57H65F2N11O6S. The summed E-state index contributed by atoms with van der Waals surface area (Å²) in [6.07, 6.45) is 3.84. The van der Waals surface area contributed by atoms with Crippen LogP contribution in [0.4, 0.5) is 37.5 Å². The van der Waals surface area contributed by atoms with E-state index in [0.717, 1.165) is 80.5 Å². The number of fused-ring (bicyclic) bond motifs is 4. The monoisotopic (exact) mass is 1070 g/mol. The number of rotatable bonds is 12. The van der Waals surface area contributed by atoms with Crippen molar-refractivity contribution >= 4 is 57.8 Å². The van der Waals surface area contributed by atoms with Crippen LogP contribution in [0.25, 0.3) is 10.4 Å². The highest BCUT2D eigenvalue weighted by atomic mass is 32.1. The van der Waals surface area contributed by atoms with E-state index in [-0.39, 0.29) is 54.3 Å². The number of aryl methyl sites for hydroxylation is 2. The average Bonchev–Trinajstić information content (AvgIpc) is 4.39. The molecule has 6 aliphatic rings. The summed E-state index contributed by atoms with van der Waals surface area (Å²) in [6.45, 7) is 13.7. The van der Waals surface area contributed by atoms with Gasteiger partial charge in [-0.15, -0.1) is 11.3 Å². The highest BCUT2D eigenvalue weighted by Gasteiger charge is 2.53. The van der Waals surface area contributed by atoms with Crippen molar-refractivity contribution in [2.75, 3.05) is 67.2 Å². The molecule has 6 aliphatic heterocycles. The van der Waals surface area contributed by atoms with E-state index in [1.165, 1.54) is 4.90 Å². The number of β-amino-alcohol motifs (C(OH)–C–C–N with tert-alkyl or cyclic N) is 1. The number of alkyl halides is 2. The summed E-state index contributed by atoms with van der Waals surface area (Å²) >= 11 is 1.58. The van der Waals surface area contributed by atoms with Gasteiger partial charge in [0, 0.05) is 107 Å². The highest BCUT2D eigenvalue weighted by Crippen LogP contribution is 2.53. The topological polar surface area (TPSA) is 179 Å². The van der Waals surface area contributed by atoms with Crippen molar-refractivity contribution in [3.05, 3.63) is 111 Å². The molecule has 1 spiro atoms. The van der Waals surface area contributed by atoms with Gasteiger partial charge in [-0.3, -0.25) is 24.0 Å². The number of aliphatic hydroxyl groups excluding tert-OH is 1. The minimum atomic E-state index is -2.78. The van der Waals surface area contributed by atoms with Gasteiger partial charge in [-0.25, -0.2) is 13.8 Å². The second kappa shape index (κ2) is 20.2. The maximum absolute atomic E-state index is 15.7. The van der Waals surface area contributed by atoms with E-state index >= 15 is 8.78 Å². The number of carbonyl (C=O) groups is 3. The Morgan fingerprint density at radius 1 is 0.948 bits per heavy atom. The minimum Gasteiger partial charge on any atom is -0.391 e. The fraction of sp³-hybridized carbons (Fsp3) is 0.491. The number of nitrogens with one attached hydrogen (secondary N) is 1. The number of pyridine rings is 1. The molecule has 77 heavy (non-hydrogen) atoms. The van der Waals surface area contributed by atoms with Gasteiger partial charge in [-0.1, -0.05) is 43.3 Å². The van der Waals surface area contributed by atoms with E-state index in [0.29, 0.717) is 82.6 Å². The molecule has 6 aromatic rings. The van der Waals surface area contributed by atoms with Crippen LogP contribution in [0.1, 0.15) is 123 Å². The van der Waals surface area contributed by atoms with Crippen LogP contribution >= 0.6 is 11.3 Å². The average molecular weight is 1070 g/mol. The SMILES string of the molecule is CC(=O)N1CCc2c(c(N3CCCc4cc(N5CC6(CN(c7cc(C(C(=O)N8C[C@H](O)C[C@H]8C(=O)N[C@@H](C)c8ccc(-c9scnc9C)cc8)C(C)C)on7)C6)c6ccncc65)c(C(F)F)cc43)nn2C2CCOCC2)C1. The number of halogens is 2. The molecule has 20 heteroatoms. The quantitative estimate of drug-likeness (QED) is 0.119. The van der Waals surface area contributed by atoms with Gasteiger partial charge in [0.15, 0.2) is 17.4 Å². The molecule has 0 bridgehead atoms. The van der Waals surface area contributed by atoms with E-state index in [1.54, 1.807) is 42.8 Å². The Labute approximate surface area is 450 Å². The second-order valence-electron chi connectivity index (χ2n) is 22.3. The number of ether oxygens (including phenoxy) is 1. The third-order valence-corrected chi connectivity index (χ3v) is 18.0. The summed E-state index contributed by atoms with van der Waals surface area (Å²) in [4.78, 5) is 60.7. The normalized spacial score (nSPS) is 20.9. The van der Waals surface area contributed by atoms with E-state index in [1.807, 2.05) is 79.4 Å². The van der Waals surface area contributed by atoms with Crippen LogP contribution < -0.4 is 20.0 Å². The van der Waals surface area contributed by atoms with Crippen molar-refractivity contribution in [1.29, 1.82) is 0 Å². The Morgan fingerprint density at radius 2 is 1.74 bits per heavy atom. The summed E-state index contributed by atoms with van der Waals surface area (Å²) in [5.41, 5.74) is 10.3. The largest absolute Gasteiger partial charge is 0.391 e. The van der Waals surface area contributed by atoms with Gasteiger partial charge < -0.3 is 44.2 Å². The minimum absolute atomic E-state index is 0.00125. The molecule has 3 fully saturated rings. The zero-order chi connectivity index (χ0) is 53.4. The van der Waals surface area contributed by atoms with Crippen LogP contribution in [-0.4, -0.2) is 122 Å². The number of carbonyl (C=O) groups excluding carboxylic acids is 3. The number of nitrogens with zero attached hydrogens (tertiary/aromatic N) is 10. The van der Waals surface area contributed by atoms with Crippen molar-refractivity contribution in [1.82, 2.24) is 40.0 Å². The lowest BCUT2D eigenvalue weighted by atomic mass is 9.75. The van der Waals surface area contributed by atoms with Crippen LogP contribution in [-0.2, 0) is 43.9 Å². The van der Waals surface area contributed by atoms with Crippen molar-refractivity contribution in [2.24, 2.45) is 5.92 Å². The van der Waals surface area contributed by atoms with Gasteiger partial charge in [0.2, 0.25) is 17.7 Å². The third kappa shape index (κ3) is 9.12. The van der Waals surface area contributed by atoms with Gasteiger partial charge in [0.25, 0.3) is 6.43 Å². The molecule has 2 N–H and O–H groups in total. The first-order valence-corrected chi connectivity index (χ1v) is 27.9. The van der Waals surface area contributed by atoms with Gasteiger partial charge in [-0.05, 0) is 85.9 Å². The van der Waals surface area contributed by atoms with Crippen LogP contribution in [0.2, 0.25) is 0 Å². The lowest BCUT2D eigenvalue weighted by Gasteiger charge is -2.48. The molecule has 0 saturated carbocycles. The molecule has 3 saturated heterocycles. The summed E-state index contributed by atoms with van der Waals surface area (Å²) in [5, 5.41) is 23.7. The predicted octanol–water partition coefficient (Wildman–Crippen LogP) is 8.46. The van der Waals surface area contributed by atoms with Gasteiger partial charge in [0.1, 0.15) is 12.0 Å². The molecule has 17 nitrogen and oxygen atoms in total. The Kier molecular flexibility index (Phi) is 13.4. The van der Waals surface area contributed by atoms with Crippen molar-refractivity contribution in [3.63, 3.8) is 0 Å². The molecule has 3 amide bonds. The molecule has 2 aromatic carbocycles. The third-order valence-electron chi connectivity index (χ3n) is 17.0. The smallest absolute Gasteiger partial charge is 0.265 e. The molecule has 4 atom stereocenters. The van der Waals surface area contributed by atoms with E-state index < -0.39 is 29.9 Å². The Bertz CT molecular complexity index is 3220. The van der Waals surface area contributed by atoms with Gasteiger partial charge in [-0.2, -0.15) is 5.10 Å². The number of hydrogen-bond donors (Lipinski definition) is 2. The Morgan fingerprint density at radius 3 is 2.47 bits per heavy atom. The zero-order valence-electron chi connectivity index (χ0n) is 44.1. The summed E-state index contributed by atoms with van der Waals surface area (Å²) in [7, 11) is 0. The number of hydrogen-bond acceptors (Lipinski definition) is 14. The molecule has 0 aliphatic carbocycles. The van der Waals surface area contributed by atoms with Crippen molar-refractivity contribution < 1.29 is 37.5 Å². The van der Waals surface area contributed by atoms with Crippen LogP contribution in [0, 0.1) is 12.8 Å². The Hall–Kier alpha value is -6.77. The number of likely N-dealkylation sites (tertiary alicyclic amines) is 1. The summed E-state index contributed by atoms with van der Waals surface area (Å²) in [6, 6.07) is 14.3. The zero-order valence-corrected chi connectivity index (χ0v) is 44.9. The molecule has 404 valence electrons. The number of aliphatic hydroxyl groups is 1. The maximum Gasteiger partial charge on any atom is 0.265 e. The standard InChI is InChI=1S/C57H65F2N11O6S/c1-32(2)51(56(74)68-26-40(72)22-47(68)55(73)62-33(3)36-8-10-37(11-9-36)52-34(4)61-31-77-52)49-24-50(64-76-49)66-28-57(29-66)30-69(48-25-60-16-12-43(48)57)46-21-38-7-6-17-67(45(38)23-41(46)53(58)59)54-42-27-65(35(5)71)18-13-44(42)70(63-54)39-14-19-75-20-15-39/h8-12,16,21,23-25,31-33,39-40,47,51,53,72H,6-7,13-15,17-20,22,26-30H2,1-5H3,(H,62,73)/t33-,40+,47-,51?/m0/s1. The van der Waals surface area contributed by atoms with Gasteiger partial charge >= 0.3 is 0 Å². The molecule has 10 heterocycles. The molecular weight excluding hydrogens is 1000 g/mol. The van der Waals surface area contributed by atoms with E-state index in [2.05, 4.69) is 34.9 Å². The molecule has 12 rings (SSSR count). The van der Waals surface area contributed by atoms with Crippen molar-refractivity contribution in [3.8, 4) is 10.4 Å². The molecule has 1 unspecified atom stereocenters. The first-order valence-electron chi connectivity index (χ1n) is 27.0. The van der Waals surface area contributed by atoms with Crippen LogP contribution in [0.3, 0.4) is 0 Å². The Balaban J connectivity index is 0.766. The number of amides is 3. The van der Waals surface area contributed by atoms with Gasteiger partial charge in [0.05, 0.1) is 63.8 Å². The first-order chi connectivity index (χ1) is 37.2. The second-order valence-corrected chi connectivity index (χ2v) is 23.1. The lowest BCUT2D eigenvalue weighted by Crippen LogP contribution is -2.61. The maximum atomic E-state index is 15.7. The lowest BCUT2D eigenvalue weighted by molar-refractivity contribution is -0.141. The summed E-state index contributed by atoms with van der Waals surface area (Å²) in [5.74, 6) is -0.0316. The van der Waals surface area contributed by atoms with Crippen LogP contribution in [0.5, 0.6) is 0 Å². The number of anilines is 5. The summed E-state index contributed by atoms with van der Waals surface area (Å²) < 4.78 is 45.2. The van der Waals surface area contributed by atoms with Crippen molar-refractivity contribution in [2.45, 2.75) is 122 Å². The molecule has 4 aromatic heterocycles. The molecule has 0 radical (unpaired) electrons. The predicted molar refractivity (Wildman–Crippen MR) is 287 cm³/mol.